The van der Waals surface area contributed by atoms with Gasteiger partial charge in [0.1, 0.15) is 18.8 Å². The number of rotatable bonds is 36. The Balaban J connectivity index is 3.09. The van der Waals surface area contributed by atoms with Gasteiger partial charge >= 0.3 is 5.97 Å². The molecule has 45 heavy (non-hydrogen) atoms. The summed E-state index contributed by atoms with van der Waals surface area (Å²) in [6, 6.07) is 0. The molecule has 0 saturated heterocycles. The van der Waals surface area contributed by atoms with E-state index in [1.54, 1.807) is 0 Å². The molecule has 0 aliphatic rings. The minimum atomic E-state index is -0.512. The molecule has 0 heterocycles. The van der Waals surface area contributed by atoms with Crippen LogP contribution in [-0.4, -0.2) is 170 Å². The first-order valence-corrected chi connectivity index (χ1v) is 15.5. The molecular formula is C31H58O14. The maximum atomic E-state index is 11.5. The Morgan fingerprint density at radius 2 is 0.644 bits per heavy atom. The van der Waals surface area contributed by atoms with Crippen LogP contribution in [0.3, 0.4) is 0 Å². The van der Waals surface area contributed by atoms with Crippen LogP contribution < -0.4 is 0 Å². The Bertz CT molecular complexity index is 653. The molecule has 0 aromatic rings. The van der Waals surface area contributed by atoms with E-state index in [9.17, 15) is 4.79 Å². The number of hydrogen-bond acceptors (Lipinski definition) is 14. The largest absolute Gasteiger partial charge is 0.458 e. The summed E-state index contributed by atoms with van der Waals surface area (Å²) in [6.07, 6.45) is 5.08. The molecule has 0 spiro atoms. The average Bonchev–Trinajstić information content (AvgIpc) is 3.00. The molecule has 0 saturated carbocycles. The standard InChI is InChI=1S/C31H58O14/c1-5-6-33-7-8-34-9-10-35-11-12-36-13-14-37-15-16-38-17-18-39-19-20-40-21-22-41-23-24-42-25-26-43-27-28-44-29-30(32)45-31(2,3)4/h1H,6-29H2,2-4H3. The van der Waals surface area contributed by atoms with E-state index in [-0.39, 0.29) is 12.6 Å². The number of esters is 1. The van der Waals surface area contributed by atoms with Gasteiger partial charge in [0.25, 0.3) is 0 Å². The van der Waals surface area contributed by atoms with E-state index in [1.807, 2.05) is 20.8 Å². The smallest absolute Gasteiger partial charge is 0.332 e. The summed E-state index contributed by atoms with van der Waals surface area (Å²) in [5.41, 5.74) is -0.512. The molecule has 0 aliphatic heterocycles. The van der Waals surface area contributed by atoms with E-state index in [4.69, 9.17) is 68.0 Å². The molecule has 14 heteroatoms. The van der Waals surface area contributed by atoms with Gasteiger partial charge in [-0.25, -0.2) is 4.79 Å². The first-order valence-electron chi connectivity index (χ1n) is 15.5. The number of terminal acetylenes is 1. The van der Waals surface area contributed by atoms with Crippen LogP contribution in [0.15, 0.2) is 0 Å². The fourth-order valence-electron chi connectivity index (χ4n) is 2.97. The molecule has 0 N–H and O–H groups in total. The molecular weight excluding hydrogens is 596 g/mol. The van der Waals surface area contributed by atoms with Crippen molar-refractivity contribution in [2.75, 3.05) is 159 Å². The van der Waals surface area contributed by atoms with Gasteiger partial charge in [-0.15, -0.1) is 6.42 Å². The highest BCUT2D eigenvalue weighted by molar-refractivity contribution is 5.71. The highest BCUT2D eigenvalue weighted by atomic mass is 16.6. The second-order valence-electron chi connectivity index (χ2n) is 10.0. The van der Waals surface area contributed by atoms with E-state index >= 15 is 0 Å². The molecule has 0 radical (unpaired) electrons. The van der Waals surface area contributed by atoms with Gasteiger partial charge in [0.2, 0.25) is 0 Å². The molecule has 0 atom stereocenters. The third-order valence-electron chi connectivity index (χ3n) is 4.92. The predicted octanol–water partition coefficient (Wildman–Crippen LogP) is 1.16. The number of hydrogen-bond donors (Lipinski definition) is 0. The van der Waals surface area contributed by atoms with Gasteiger partial charge in [-0.05, 0) is 20.8 Å². The molecule has 14 nitrogen and oxygen atoms in total. The lowest BCUT2D eigenvalue weighted by Crippen LogP contribution is -2.27. The van der Waals surface area contributed by atoms with Gasteiger partial charge in [0.15, 0.2) is 0 Å². The number of ether oxygens (including phenoxy) is 13. The zero-order chi connectivity index (χ0) is 32.9. The molecule has 266 valence electrons. The second kappa shape index (κ2) is 35.4. The lowest BCUT2D eigenvalue weighted by atomic mass is 10.2. The summed E-state index contributed by atoms with van der Waals surface area (Å²) >= 11 is 0. The summed E-state index contributed by atoms with van der Waals surface area (Å²) in [6.45, 7) is 16.1. The van der Waals surface area contributed by atoms with Crippen LogP contribution in [0.2, 0.25) is 0 Å². The minimum absolute atomic E-state index is 0.0844. The quantitative estimate of drug-likeness (QED) is 0.0543. The van der Waals surface area contributed by atoms with Crippen molar-refractivity contribution in [3.05, 3.63) is 0 Å². The highest BCUT2D eigenvalue weighted by Gasteiger charge is 2.15. The maximum absolute atomic E-state index is 11.5. The Morgan fingerprint density at radius 3 is 0.867 bits per heavy atom. The van der Waals surface area contributed by atoms with Crippen LogP contribution >= 0.6 is 0 Å². The van der Waals surface area contributed by atoms with Crippen molar-refractivity contribution in [2.45, 2.75) is 26.4 Å². The minimum Gasteiger partial charge on any atom is -0.458 e. The number of carbonyl (C=O) groups excluding carboxylic acids is 1. The van der Waals surface area contributed by atoms with Crippen LogP contribution in [0.25, 0.3) is 0 Å². The van der Waals surface area contributed by atoms with Crippen molar-refractivity contribution in [2.24, 2.45) is 0 Å². The Kier molecular flexibility index (Phi) is 34.3. The molecule has 0 amide bonds. The van der Waals surface area contributed by atoms with E-state index in [2.05, 4.69) is 5.92 Å². The van der Waals surface area contributed by atoms with Crippen molar-refractivity contribution in [3.63, 3.8) is 0 Å². The second-order valence-corrected chi connectivity index (χ2v) is 10.0. The molecule has 0 rings (SSSR count). The Labute approximate surface area is 269 Å². The third-order valence-corrected chi connectivity index (χ3v) is 4.92. The summed E-state index contributed by atoms with van der Waals surface area (Å²) in [5, 5.41) is 0. The maximum Gasteiger partial charge on any atom is 0.332 e. The van der Waals surface area contributed by atoms with Crippen LogP contribution in [0.4, 0.5) is 0 Å². The first kappa shape index (κ1) is 43.5. The summed E-state index contributed by atoms with van der Waals surface area (Å²) in [7, 11) is 0. The van der Waals surface area contributed by atoms with Crippen molar-refractivity contribution >= 4 is 5.97 Å². The molecule has 0 aromatic heterocycles. The Morgan fingerprint density at radius 1 is 0.422 bits per heavy atom. The van der Waals surface area contributed by atoms with Crippen LogP contribution in [0.1, 0.15) is 20.8 Å². The summed E-state index contributed by atoms with van der Waals surface area (Å²) < 4.78 is 69.7. The van der Waals surface area contributed by atoms with E-state index in [0.29, 0.717) is 152 Å². The van der Waals surface area contributed by atoms with Crippen molar-refractivity contribution in [3.8, 4) is 12.3 Å². The predicted molar refractivity (Wildman–Crippen MR) is 165 cm³/mol. The normalized spacial score (nSPS) is 11.6. The van der Waals surface area contributed by atoms with Gasteiger partial charge in [0.05, 0.1) is 145 Å². The fourth-order valence-corrected chi connectivity index (χ4v) is 2.97. The van der Waals surface area contributed by atoms with Gasteiger partial charge in [-0.1, -0.05) is 5.92 Å². The zero-order valence-corrected chi connectivity index (χ0v) is 27.8. The summed E-state index contributed by atoms with van der Waals surface area (Å²) in [4.78, 5) is 11.5. The molecule has 0 bridgehead atoms. The van der Waals surface area contributed by atoms with Crippen molar-refractivity contribution < 1.29 is 66.4 Å². The van der Waals surface area contributed by atoms with Crippen molar-refractivity contribution in [1.29, 1.82) is 0 Å². The monoisotopic (exact) mass is 654 g/mol. The summed E-state index contributed by atoms with van der Waals surface area (Å²) in [5.74, 6) is 2.01. The van der Waals surface area contributed by atoms with Gasteiger partial charge in [0, 0.05) is 0 Å². The van der Waals surface area contributed by atoms with Crippen molar-refractivity contribution in [1.82, 2.24) is 0 Å². The lowest BCUT2D eigenvalue weighted by Gasteiger charge is -2.19. The third kappa shape index (κ3) is 40.5. The number of carbonyl (C=O) groups is 1. The average molecular weight is 655 g/mol. The molecule has 0 unspecified atom stereocenters. The van der Waals surface area contributed by atoms with E-state index in [1.165, 1.54) is 0 Å². The van der Waals surface area contributed by atoms with Crippen LogP contribution in [0, 0.1) is 12.3 Å². The van der Waals surface area contributed by atoms with Crippen LogP contribution in [-0.2, 0) is 66.4 Å². The molecule has 0 aliphatic carbocycles. The lowest BCUT2D eigenvalue weighted by molar-refractivity contribution is -0.160. The topological polar surface area (TPSA) is 137 Å². The van der Waals surface area contributed by atoms with E-state index in [0.717, 1.165) is 0 Å². The highest BCUT2D eigenvalue weighted by Crippen LogP contribution is 2.06. The zero-order valence-electron chi connectivity index (χ0n) is 27.8. The SMILES string of the molecule is C#CCOCCOCCOCCOCCOCCOCCOCCOCCOCCOCCOCCOCC(=O)OC(C)(C)C. The molecule has 0 aromatic carbocycles. The fraction of sp³-hybridized carbons (Fsp3) is 0.903. The van der Waals surface area contributed by atoms with Gasteiger partial charge in [-0.2, -0.15) is 0 Å². The Hall–Kier alpha value is -1.45. The van der Waals surface area contributed by atoms with Gasteiger partial charge < -0.3 is 61.6 Å². The van der Waals surface area contributed by atoms with Gasteiger partial charge in [-0.3, -0.25) is 0 Å². The van der Waals surface area contributed by atoms with Crippen LogP contribution in [0.5, 0.6) is 0 Å². The molecule has 0 fully saturated rings. The first-order chi connectivity index (χ1) is 22.0. The van der Waals surface area contributed by atoms with E-state index < -0.39 is 5.60 Å².